The third-order valence-corrected chi connectivity index (χ3v) is 5.94. The van der Waals surface area contributed by atoms with Crippen LogP contribution in [0.2, 0.25) is 10.0 Å². The molecule has 0 aliphatic rings. The molecule has 4 aromatic rings. The van der Waals surface area contributed by atoms with Crippen molar-refractivity contribution in [2.75, 3.05) is 17.7 Å². The largest absolute Gasteiger partial charge is 0.497 e. The van der Waals surface area contributed by atoms with Crippen LogP contribution in [0.3, 0.4) is 0 Å². The fraction of sp³-hybridized carbons (Fsp3) is 0.0435. The first-order valence-corrected chi connectivity index (χ1v) is 10.9. The number of aromatic nitrogens is 1. The maximum Gasteiger partial charge on any atom is 0.255 e. The highest BCUT2D eigenvalue weighted by molar-refractivity contribution is 7.14. The summed E-state index contributed by atoms with van der Waals surface area (Å²) in [6.07, 6.45) is 0. The molecule has 0 bridgehead atoms. The molecular formula is C23H17Cl2N3O2S. The Kier molecular flexibility index (Phi) is 6.42. The Balaban J connectivity index is 1.47. The lowest BCUT2D eigenvalue weighted by Gasteiger charge is -2.07. The lowest BCUT2D eigenvalue weighted by atomic mass is 10.1. The van der Waals surface area contributed by atoms with Crippen molar-refractivity contribution < 1.29 is 9.53 Å². The summed E-state index contributed by atoms with van der Waals surface area (Å²) < 4.78 is 5.18. The topological polar surface area (TPSA) is 63.2 Å². The Hall–Kier alpha value is -3.06. The molecule has 0 unspecified atom stereocenters. The first-order valence-electron chi connectivity index (χ1n) is 9.25. The highest BCUT2D eigenvalue weighted by Crippen LogP contribution is 2.29. The summed E-state index contributed by atoms with van der Waals surface area (Å²) in [5, 5.41) is 9.64. The Morgan fingerprint density at radius 1 is 0.968 bits per heavy atom. The minimum atomic E-state index is -0.268. The van der Waals surface area contributed by atoms with Crippen LogP contribution in [0.1, 0.15) is 10.4 Å². The van der Waals surface area contributed by atoms with Crippen LogP contribution in [0.4, 0.5) is 16.5 Å². The molecule has 4 rings (SSSR count). The average molecular weight is 470 g/mol. The molecule has 3 aromatic carbocycles. The SMILES string of the molecule is COc1ccc(Nc2nc(-c3cccc(NC(=O)c4ccc(Cl)c(Cl)c4)c3)cs2)cc1. The normalized spacial score (nSPS) is 10.5. The number of carbonyl (C=O) groups excluding carboxylic acids is 1. The van der Waals surface area contributed by atoms with Gasteiger partial charge in [-0.3, -0.25) is 4.79 Å². The number of rotatable bonds is 6. The number of amides is 1. The summed E-state index contributed by atoms with van der Waals surface area (Å²) in [6.45, 7) is 0. The Morgan fingerprint density at radius 3 is 2.52 bits per heavy atom. The molecule has 156 valence electrons. The smallest absolute Gasteiger partial charge is 0.255 e. The predicted molar refractivity (Wildman–Crippen MR) is 128 cm³/mol. The van der Waals surface area contributed by atoms with Gasteiger partial charge in [0.2, 0.25) is 0 Å². The van der Waals surface area contributed by atoms with Crippen LogP contribution >= 0.6 is 34.5 Å². The average Bonchev–Trinajstić information content (AvgIpc) is 3.25. The summed E-state index contributed by atoms with van der Waals surface area (Å²) in [4.78, 5) is 17.2. The Bertz CT molecular complexity index is 1230. The van der Waals surface area contributed by atoms with Crippen molar-refractivity contribution in [3.05, 3.63) is 87.7 Å². The van der Waals surface area contributed by atoms with Crippen LogP contribution in [0.25, 0.3) is 11.3 Å². The van der Waals surface area contributed by atoms with Crippen molar-refractivity contribution in [1.29, 1.82) is 0 Å². The first kappa shape index (κ1) is 21.2. The number of carbonyl (C=O) groups is 1. The number of methoxy groups -OCH3 is 1. The van der Waals surface area contributed by atoms with Crippen molar-refractivity contribution in [2.45, 2.75) is 0 Å². The molecule has 0 spiro atoms. The molecule has 1 heterocycles. The van der Waals surface area contributed by atoms with Gasteiger partial charge in [-0.15, -0.1) is 11.3 Å². The summed E-state index contributed by atoms with van der Waals surface area (Å²) in [6, 6.07) is 19.9. The number of thiazole rings is 1. The highest BCUT2D eigenvalue weighted by atomic mass is 35.5. The monoisotopic (exact) mass is 469 g/mol. The fourth-order valence-corrected chi connectivity index (χ4v) is 3.90. The molecule has 0 saturated heterocycles. The van der Waals surface area contributed by atoms with E-state index in [9.17, 15) is 4.79 Å². The van der Waals surface area contributed by atoms with Crippen molar-refractivity contribution >= 4 is 57.0 Å². The molecule has 1 amide bonds. The van der Waals surface area contributed by atoms with E-state index in [0.29, 0.717) is 21.3 Å². The number of hydrogen-bond acceptors (Lipinski definition) is 5. The number of ether oxygens (including phenoxy) is 1. The summed E-state index contributed by atoms with van der Waals surface area (Å²) in [5.41, 5.74) is 3.72. The fourth-order valence-electron chi connectivity index (χ4n) is 2.86. The van der Waals surface area contributed by atoms with E-state index in [-0.39, 0.29) is 5.91 Å². The highest BCUT2D eigenvalue weighted by Gasteiger charge is 2.10. The van der Waals surface area contributed by atoms with Gasteiger partial charge in [0, 0.05) is 27.9 Å². The van der Waals surface area contributed by atoms with Gasteiger partial charge >= 0.3 is 0 Å². The quantitative estimate of drug-likeness (QED) is 0.315. The minimum Gasteiger partial charge on any atom is -0.497 e. The van der Waals surface area contributed by atoms with Crippen molar-refractivity contribution in [3.8, 4) is 17.0 Å². The summed E-state index contributed by atoms with van der Waals surface area (Å²) >= 11 is 13.4. The number of hydrogen-bond donors (Lipinski definition) is 2. The van der Waals surface area contributed by atoms with Gasteiger partial charge in [0.15, 0.2) is 5.13 Å². The zero-order valence-corrected chi connectivity index (χ0v) is 18.7. The number of anilines is 3. The van der Waals surface area contributed by atoms with Crippen LogP contribution < -0.4 is 15.4 Å². The number of nitrogens with one attached hydrogen (secondary N) is 2. The van der Waals surface area contributed by atoms with E-state index in [1.54, 1.807) is 25.3 Å². The van der Waals surface area contributed by atoms with Gasteiger partial charge in [-0.25, -0.2) is 4.98 Å². The molecule has 0 atom stereocenters. The van der Waals surface area contributed by atoms with Crippen LogP contribution in [-0.4, -0.2) is 18.0 Å². The van der Waals surface area contributed by atoms with Crippen molar-refractivity contribution in [1.82, 2.24) is 4.98 Å². The second-order valence-electron chi connectivity index (χ2n) is 6.56. The van der Waals surface area contributed by atoms with Gasteiger partial charge in [-0.1, -0.05) is 35.3 Å². The second kappa shape index (κ2) is 9.39. The molecular weight excluding hydrogens is 453 g/mol. The van der Waals surface area contributed by atoms with Gasteiger partial charge in [0.05, 0.1) is 22.8 Å². The van der Waals surface area contributed by atoms with Gasteiger partial charge in [0.25, 0.3) is 5.91 Å². The van der Waals surface area contributed by atoms with E-state index in [2.05, 4.69) is 15.6 Å². The molecule has 0 aliphatic carbocycles. The van der Waals surface area contributed by atoms with Gasteiger partial charge in [0.1, 0.15) is 5.75 Å². The van der Waals surface area contributed by atoms with Crippen LogP contribution in [0.15, 0.2) is 72.1 Å². The van der Waals surface area contributed by atoms with Gasteiger partial charge in [-0.05, 0) is 54.6 Å². The van der Waals surface area contributed by atoms with E-state index in [4.69, 9.17) is 27.9 Å². The Morgan fingerprint density at radius 2 is 1.77 bits per heavy atom. The lowest BCUT2D eigenvalue weighted by Crippen LogP contribution is -2.11. The number of nitrogens with zero attached hydrogens (tertiary/aromatic N) is 1. The maximum atomic E-state index is 12.5. The van der Waals surface area contributed by atoms with Gasteiger partial charge in [-0.2, -0.15) is 0 Å². The van der Waals surface area contributed by atoms with Crippen LogP contribution in [-0.2, 0) is 0 Å². The molecule has 31 heavy (non-hydrogen) atoms. The van der Waals surface area contributed by atoms with E-state index >= 15 is 0 Å². The molecule has 0 aliphatic heterocycles. The molecule has 0 saturated carbocycles. The predicted octanol–water partition coefficient (Wildman–Crippen LogP) is 7.12. The third kappa shape index (κ3) is 5.17. The van der Waals surface area contributed by atoms with Crippen LogP contribution in [0, 0.1) is 0 Å². The van der Waals surface area contributed by atoms with Gasteiger partial charge < -0.3 is 15.4 Å². The maximum absolute atomic E-state index is 12.5. The first-order chi connectivity index (χ1) is 15.0. The van der Waals surface area contributed by atoms with E-state index in [1.807, 2.05) is 53.9 Å². The molecule has 8 heteroatoms. The standard InChI is InChI=1S/C23H17Cl2N3O2S/c1-30-18-8-6-16(7-9-18)27-23-28-21(13-31-23)14-3-2-4-17(11-14)26-22(29)15-5-10-19(24)20(25)12-15/h2-13H,1H3,(H,26,29)(H,27,28). The molecule has 0 fully saturated rings. The van der Waals surface area contributed by atoms with Crippen LogP contribution in [0.5, 0.6) is 5.75 Å². The summed E-state index contributed by atoms with van der Waals surface area (Å²) in [7, 11) is 1.64. The van der Waals surface area contributed by atoms with E-state index < -0.39 is 0 Å². The number of benzene rings is 3. The Labute approximate surface area is 193 Å². The van der Waals surface area contributed by atoms with E-state index in [1.165, 1.54) is 11.3 Å². The second-order valence-corrected chi connectivity index (χ2v) is 8.23. The molecule has 2 N–H and O–H groups in total. The lowest BCUT2D eigenvalue weighted by molar-refractivity contribution is 0.102. The van der Waals surface area contributed by atoms with Crippen molar-refractivity contribution in [2.24, 2.45) is 0 Å². The minimum absolute atomic E-state index is 0.268. The summed E-state index contributed by atoms with van der Waals surface area (Å²) in [5.74, 6) is 0.529. The zero-order valence-electron chi connectivity index (χ0n) is 16.4. The molecule has 0 radical (unpaired) electrons. The third-order valence-electron chi connectivity index (χ3n) is 4.44. The molecule has 5 nitrogen and oxygen atoms in total. The molecule has 1 aromatic heterocycles. The van der Waals surface area contributed by atoms with Crippen molar-refractivity contribution in [3.63, 3.8) is 0 Å². The zero-order chi connectivity index (χ0) is 21.8. The number of halogens is 2. The van der Waals surface area contributed by atoms with E-state index in [0.717, 1.165) is 27.8 Å².